The maximum Gasteiger partial charge on any atom is 0.256 e. The molecule has 0 atom stereocenters. The molecular formula is C14H9ClN4O. The second-order valence-corrected chi connectivity index (χ2v) is 4.45. The van der Waals surface area contributed by atoms with E-state index in [0.717, 1.165) is 5.52 Å². The van der Waals surface area contributed by atoms with E-state index in [1.165, 1.54) is 0 Å². The molecule has 0 unspecified atom stereocenters. The second kappa shape index (κ2) is 5.22. The molecule has 0 saturated carbocycles. The molecule has 6 heteroatoms. The van der Waals surface area contributed by atoms with Gasteiger partial charge in [-0.15, -0.1) is 0 Å². The predicted octanol–water partition coefficient (Wildman–Crippen LogP) is 2.93. The minimum absolute atomic E-state index is 0.293. The fourth-order valence-corrected chi connectivity index (χ4v) is 1.93. The maximum absolute atomic E-state index is 12.2. The van der Waals surface area contributed by atoms with Gasteiger partial charge in [0.25, 0.3) is 5.91 Å². The maximum atomic E-state index is 12.2. The summed E-state index contributed by atoms with van der Waals surface area (Å²) in [4.78, 5) is 24.5. The Balaban J connectivity index is 1.91. The number of aromatic nitrogens is 3. The lowest BCUT2D eigenvalue weighted by Gasteiger charge is -2.06. The summed E-state index contributed by atoms with van der Waals surface area (Å²) in [7, 11) is 0. The molecule has 20 heavy (non-hydrogen) atoms. The fraction of sp³-hybridized carbons (Fsp3) is 0. The summed E-state index contributed by atoms with van der Waals surface area (Å²) < 4.78 is 0. The Morgan fingerprint density at radius 1 is 1.00 bits per heavy atom. The van der Waals surface area contributed by atoms with Crippen LogP contribution in [0.15, 0.2) is 48.9 Å². The fourth-order valence-electron chi connectivity index (χ4n) is 1.76. The molecule has 0 bridgehead atoms. The molecule has 1 amide bonds. The summed E-state index contributed by atoms with van der Waals surface area (Å²) in [6.45, 7) is 0. The minimum atomic E-state index is -0.293. The predicted molar refractivity (Wildman–Crippen MR) is 76.7 cm³/mol. The first-order valence-corrected chi connectivity index (χ1v) is 6.24. The number of nitrogens with zero attached hydrogens (tertiary/aromatic N) is 3. The van der Waals surface area contributed by atoms with Crippen LogP contribution in [0.5, 0.6) is 0 Å². The van der Waals surface area contributed by atoms with E-state index in [1.54, 1.807) is 48.9 Å². The van der Waals surface area contributed by atoms with Crippen molar-refractivity contribution in [1.29, 1.82) is 0 Å². The Kier molecular flexibility index (Phi) is 3.26. The molecule has 2 heterocycles. The number of carbonyl (C=O) groups excluding carboxylic acids is 1. The van der Waals surface area contributed by atoms with Crippen molar-refractivity contribution in [2.75, 3.05) is 5.32 Å². The zero-order valence-corrected chi connectivity index (χ0v) is 11.0. The van der Waals surface area contributed by atoms with Crippen LogP contribution in [-0.4, -0.2) is 20.9 Å². The molecule has 0 fully saturated rings. The Morgan fingerprint density at radius 2 is 1.80 bits per heavy atom. The molecule has 3 aromatic rings. The zero-order valence-electron chi connectivity index (χ0n) is 10.2. The van der Waals surface area contributed by atoms with Crippen molar-refractivity contribution in [3.8, 4) is 0 Å². The van der Waals surface area contributed by atoms with Crippen molar-refractivity contribution in [3.63, 3.8) is 0 Å². The summed E-state index contributed by atoms with van der Waals surface area (Å²) >= 11 is 5.95. The first-order valence-electron chi connectivity index (χ1n) is 5.87. The third-order valence-corrected chi connectivity index (χ3v) is 3.03. The summed E-state index contributed by atoms with van der Waals surface area (Å²) in [6, 6.07) is 8.47. The smallest absolute Gasteiger partial charge is 0.256 e. The summed E-state index contributed by atoms with van der Waals surface area (Å²) in [5, 5.41) is 3.05. The number of hydrogen-bond acceptors (Lipinski definition) is 4. The average Bonchev–Trinajstić information content (AvgIpc) is 2.49. The number of anilines is 1. The van der Waals surface area contributed by atoms with Gasteiger partial charge in [-0.1, -0.05) is 11.6 Å². The number of fused-ring (bicyclic) bond motifs is 1. The van der Waals surface area contributed by atoms with Gasteiger partial charge in [0.15, 0.2) is 5.82 Å². The number of hydrogen-bond donors (Lipinski definition) is 1. The van der Waals surface area contributed by atoms with Gasteiger partial charge in [0.1, 0.15) is 0 Å². The lowest BCUT2D eigenvalue weighted by Crippen LogP contribution is -2.13. The largest absolute Gasteiger partial charge is 0.305 e. The van der Waals surface area contributed by atoms with Crippen LogP contribution >= 0.6 is 11.6 Å². The van der Waals surface area contributed by atoms with Crippen molar-refractivity contribution in [2.24, 2.45) is 0 Å². The number of amides is 1. The van der Waals surface area contributed by atoms with Gasteiger partial charge in [-0.2, -0.15) is 0 Å². The molecule has 0 radical (unpaired) electrons. The van der Waals surface area contributed by atoms with Crippen LogP contribution in [0.1, 0.15) is 10.4 Å². The Morgan fingerprint density at radius 3 is 2.60 bits per heavy atom. The van der Waals surface area contributed by atoms with E-state index in [-0.39, 0.29) is 5.91 Å². The third kappa shape index (κ3) is 2.44. The van der Waals surface area contributed by atoms with Crippen LogP contribution in [0.4, 0.5) is 5.82 Å². The van der Waals surface area contributed by atoms with Gasteiger partial charge >= 0.3 is 0 Å². The molecular weight excluding hydrogens is 276 g/mol. The Hall–Kier alpha value is -2.53. The highest BCUT2D eigenvalue weighted by Gasteiger charge is 2.10. The number of nitrogens with one attached hydrogen (secondary N) is 1. The van der Waals surface area contributed by atoms with E-state index in [1.807, 2.05) is 0 Å². The molecule has 0 saturated heterocycles. The number of halogens is 1. The van der Waals surface area contributed by atoms with Gasteiger partial charge in [0.05, 0.1) is 16.1 Å². The van der Waals surface area contributed by atoms with Gasteiger partial charge in [-0.25, -0.2) is 4.98 Å². The van der Waals surface area contributed by atoms with Crippen molar-refractivity contribution in [2.45, 2.75) is 0 Å². The molecule has 3 rings (SSSR count). The Bertz CT molecular complexity index is 791. The number of carbonyl (C=O) groups is 1. The van der Waals surface area contributed by atoms with E-state index in [0.29, 0.717) is 21.9 Å². The number of pyridine rings is 1. The first kappa shape index (κ1) is 12.5. The zero-order chi connectivity index (χ0) is 13.9. The lowest BCUT2D eigenvalue weighted by molar-refractivity contribution is 0.102. The van der Waals surface area contributed by atoms with Crippen LogP contribution in [0.3, 0.4) is 0 Å². The van der Waals surface area contributed by atoms with E-state index < -0.39 is 0 Å². The van der Waals surface area contributed by atoms with Gasteiger partial charge in [-0.05, 0) is 30.3 Å². The van der Waals surface area contributed by atoms with Crippen LogP contribution in [-0.2, 0) is 0 Å². The highest BCUT2D eigenvalue weighted by Crippen LogP contribution is 2.19. The molecule has 1 N–H and O–H groups in total. The quantitative estimate of drug-likeness (QED) is 0.785. The van der Waals surface area contributed by atoms with Crippen molar-refractivity contribution >= 4 is 34.4 Å². The van der Waals surface area contributed by atoms with Crippen molar-refractivity contribution in [3.05, 3.63) is 59.5 Å². The van der Waals surface area contributed by atoms with E-state index >= 15 is 0 Å². The molecule has 0 aliphatic rings. The highest BCUT2D eigenvalue weighted by atomic mass is 35.5. The van der Waals surface area contributed by atoms with Crippen LogP contribution in [0, 0.1) is 0 Å². The van der Waals surface area contributed by atoms with Crippen LogP contribution < -0.4 is 5.32 Å². The van der Waals surface area contributed by atoms with Gasteiger partial charge < -0.3 is 5.32 Å². The monoisotopic (exact) mass is 284 g/mol. The topological polar surface area (TPSA) is 67.8 Å². The van der Waals surface area contributed by atoms with Crippen molar-refractivity contribution in [1.82, 2.24) is 15.0 Å². The highest BCUT2D eigenvalue weighted by molar-refractivity contribution is 6.33. The Labute approximate surface area is 119 Å². The number of benzene rings is 1. The molecule has 0 spiro atoms. The van der Waals surface area contributed by atoms with Gasteiger partial charge in [0.2, 0.25) is 0 Å². The van der Waals surface area contributed by atoms with Crippen LogP contribution in [0.25, 0.3) is 11.0 Å². The molecule has 0 aliphatic carbocycles. The van der Waals surface area contributed by atoms with Crippen molar-refractivity contribution < 1.29 is 4.79 Å². The van der Waals surface area contributed by atoms with Crippen LogP contribution in [0.2, 0.25) is 5.02 Å². The summed E-state index contributed by atoms with van der Waals surface area (Å²) in [5.74, 6) is 0.0385. The molecule has 5 nitrogen and oxygen atoms in total. The average molecular weight is 285 g/mol. The SMILES string of the molecule is O=C(Nc1ncccc1Cl)c1ccc2nccnc2c1. The first-order chi connectivity index (χ1) is 9.74. The summed E-state index contributed by atoms with van der Waals surface area (Å²) in [5.41, 5.74) is 1.87. The van der Waals surface area contributed by atoms with E-state index in [4.69, 9.17) is 11.6 Å². The summed E-state index contributed by atoms with van der Waals surface area (Å²) in [6.07, 6.45) is 4.75. The van der Waals surface area contributed by atoms with Gasteiger partial charge in [0, 0.05) is 24.2 Å². The third-order valence-electron chi connectivity index (χ3n) is 2.72. The normalized spacial score (nSPS) is 10.4. The van der Waals surface area contributed by atoms with Gasteiger partial charge in [-0.3, -0.25) is 14.8 Å². The van der Waals surface area contributed by atoms with E-state index in [9.17, 15) is 4.79 Å². The molecule has 98 valence electrons. The second-order valence-electron chi connectivity index (χ2n) is 4.05. The van der Waals surface area contributed by atoms with E-state index in [2.05, 4.69) is 20.3 Å². The number of rotatable bonds is 2. The molecule has 2 aromatic heterocycles. The molecule has 1 aromatic carbocycles. The lowest BCUT2D eigenvalue weighted by atomic mass is 10.2. The molecule has 0 aliphatic heterocycles. The minimum Gasteiger partial charge on any atom is -0.305 e. The standard InChI is InChI=1S/C14H9ClN4O/c15-10-2-1-5-18-13(10)19-14(20)9-3-4-11-12(8-9)17-7-6-16-11/h1-8H,(H,18,19,20).